The monoisotopic (exact) mass is 375 g/mol. The van der Waals surface area contributed by atoms with Crippen molar-refractivity contribution in [3.8, 4) is 0 Å². The third-order valence-corrected chi connectivity index (χ3v) is 5.02. The Morgan fingerprint density at radius 2 is 1.92 bits per heavy atom. The summed E-state index contributed by atoms with van der Waals surface area (Å²) in [6.45, 7) is 3.66. The van der Waals surface area contributed by atoms with E-state index in [9.17, 15) is 18.0 Å². The van der Waals surface area contributed by atoms with Crippen molar-refractivity contribution in [3.05, 3.63) is 29.3 Å². The van der Waals surface area contributed by atoms with Crippen LogP contribution in [-0.4, -0.2) is 39.9 Å². The summed E-state index contributed by atoms with van der Waals surface area (Å²) in [6.07, 6.45) is 0.693. The fraction of sp³-hybridized carbons (Fsp3) is 0.467. The molecule has 0 saturated heterocycles. The molecule has 0 aliphatic rings. The molecule has 1 aromatic carbocycles. The molecule has 0 aromatic heterocycles. The van der Waals surface area contributed by atoms with Crippen LogP contribution in [-0.2, 0) is 19.6 Å². The van der Waals surface area contributed by atoms with Gasteiger partial charge in [-0.15, -0.1) is 0 Å². The second-order valence-corrected chi connectivity index (χ2v) is 7.44. The number of halogens is 1. The maximum absolute atomic E-state index is 12.0. The quantitative estimate of drug-likeness (QED) is 0.557. The van der Waals surface area contributed by atoms with Gasteiger partial charge in [0.25, 0.3) is 0 Å². The van der Waals surface area contributed by atoms with Crippen LogP contribution in [0.15, 0.2) is 29.2 Å². The SMILES string of the molecule is CC[C@@H](C)C(=O)NCC(=O)NCCNS(=O)(=O)c1cccc(Cl)c1. The topological polar surface area (TPSA) is 104 Å². The molecule has 1 rings (SSSR count). The van der Waals surface area contributed by atoms with Gasteiger partial charge in [-0.3, -0.25) is 9.59 Å². The fourth-order valence-electron chi connectivity index (χ4n) is 1.69. The van der Waals surface area contributed by atoms with E-state index in [1.165, 1.54) is 12.1 Å². The molecular weight excluding hydrogens is 354 g/mol. The number of benzene rings is 1. The molecule has 3 N–H and O–H groups in total. The summed E-state index contributed by atoms with van der Waals surface area (Å²) >= 11 is 5.76. The molecule has 0 heterocycles. The normalized spacial score (nSPS) is 12.5. The third kappa shape index (κ3) is 6.86. The van der Waals surface area contributed by atoms with Crippen LogP contribution in [0, 0.1) is 5.92 Å². The van der Waals surface area contributed by atoms with Gasteiger partial charge in [0.15, 0.2) is 0 Å². The molecule has 9 heteroatoms. The number of rotatable bonds is 9. The van der Waals surface area contributed by atoms with Crippen LogP contribution >= 0.6 is 11.6 Å². The zero-order valence-corrected chi connectivity index (χ0v) is 15.2. The Kier molecular flexibility index (Phi) is 8.17. The average Bonchev–Trinajstić information content (AvgIpc) is 2.55. The van der Waals surface area contributed by atoms with Crippen molar-refractivity contribution in [1.29, 1.82) is 0 Å². The van der Waals surface area contributed by atoms with Crippen LogP contribution in [0.5, 0.6) is 0 Å². The highest BCUT2D eigenvalue weighted by Crippen LogP contribution is 2.14. The first kappa shape index (κ1) is 20.4. The highest BCUT2D eigenvalue weighted by molar-refractivity contribution is 7.89. The minimum Gasteiger partial charge on any atom is -0.353 e. The van der Waals surface area contributed by atoms with Gasteiger partial charge in [-0.2, -0.15) is 0 Å². The predicted molar refractivity (Wildman–Crippen MR) is 92.1 cm³/mol. The van der Waals surface area contributed by atoms with Gasteiger partial charge in [-0.1, -0.05) is 31.5 Å². The van der Waals surface area contributed by atoms with E-state index in [0.29, 0.717) is 11.4 Å². The molecule has 0 unspecified atom stereocenters. The van der Waals surface area contributed by atoms with E-state index in [1.54, 1.807) is 19.1 Å². The van der Waals surface area contributed by atoms with Gasteiger partial charge in [0.2, 0.25) is 21.8 Å². The standard InChI is InChI=1S/C15H22ClN3O4S/c1-3-11(2)15(21)18-10-14(20)17-7-8-19-24(22,23)13-6-4-5-12(16)9-13/h4-6,9,11,19H,3,7-8,10H2,1-2H3,(H,17,20)(H,18,21)/t11-/m1/s1. The number of hydrogen-bond acceptors (Lipinski definition) is 4. The summed E-state index contributed by atoms with van der Waals surface area (Å²) < 4.78 is 26.4. The predicted octanol–water partition coefficient (Wildman–Crippen LogP) is 0.897. The first-order valence-electron chi connectivity index (χ1n) is 7.56. The Hall–Kier alpha value is -1.64. The number of amides is 2. The van der Waals surface area contributed by atoms with Crippen LogP contribution < -0.4 is 15.4 Å². The smallest absolute Gasteiger partial charge is 0.240 e. The van der Waals surface area contributed by atoms with Crippen molar-refractivity contribution in [1.82, 2.24) is 15.4 Å². The van der Waals surface area contributed by atoms with Gasteiger partial charge in [0, 0.05) is 24.0 Å². The van der Waals surface area contributed by atoms with Crippen molar-refractivity contribution in [2.75, 3.05) is 19.6 Å². The number of sulfonamides is 1. The maximum Gasteiger partial charge on any atom is 0.240 e. The van der Waals surface area contributed by atoms with Crippen molar-refractivity contribution >= 4 is 33.4 Å². The van der Waals surface area contributed by atoms with E-state index in [0.717, 1.165) is 0 Å². The Labute approximate surface area is 147 Å². The van der Waals surface area contributed by atoms with Crippen molar-refractivity contribution in [2.45, 2.75) is 25.2 Å². The second-order valence-electron chi connectivity index (χ2n) is 5.23. The zero-order valence-electron chi connectivity index (χ0n) is 13.6. The molecule has 0 radical (unpaired) electrons. The number of nitrogens with one attached hydrogen (secondary N) is 3. The van der Waals surface area contributed by atoms with Crippen molar-refractivity contribution in [3.63, 3.8) is 0 Å². The molecular formula is C15H22ClN3O4S. The highest BCUT2D eigenvalue weighted by Gasteiger charge is 2.14. The van der Waals surface area contributed by atoms with Crippen LogP contribution in [0.4, 0.5) is 0 Å². The third-order valence-electron chi connectivity index (χ3n) is 3.33. The molecule has 24 heavy (non-hydrogen) atoms. The molecule has 0 aliphatic carbocycles. The highest BCUT2D eigenvalue weighted by atomic mass is 35.5. The minimum atomic E-state index is -3.68. The fourth-order valence-corrected chi connectivity index (χ4v) is 3.03. The minimum absolute atomic E-state index is 0.0277. The molecule has 0 spiro atoms. The molecule has 0 bridgehead atoms. The number of carbonyl (C=O) groups is 2. The first-order valence-corrected chi connectivity index (χ1v) is 9.42. The summed E-state index contributed by atoms with van der Waals surface area (Å²) in [4.78, 5) is 23.2. The van der Waals surface area contributed by atoms with Crippen LogP contribution in [0.3, 0.4) is 0 Å². The maximum atomic E-state index is 12.0. The van der Waals surface area contributed by atoms with E-state index < -0.39 is 10.0 Å². The Morgan fingerprint density at radius 1 is 1.21 bits per heavy atom. The van der Waals surface area contributed by atoms with E-state index in [-0.39, 0.29) is 42.3 Å². The summed E-state index contributed by atoms with van der Waals surface area (Å²) in [5.41, 5.74) is 0. The lowest BCUT2D eigenvalue weighted by molar-refractivity contribution is -0.128. The van der Waals surface area contributed by atoms with E-state index >= 15 is 0 Å². The lowest BCUT2D eigenvalue weighted by Crippen LogP contribution is -2.41. The van der Waals surface area contributed by atoms with E-state index in [2.05, 4.69) is 15.4 Å². The van der Waals surface area contributed by atoms with Crippen LogP contribution in [0.1, 0.15) is 20.3 Å². The lowest BCUT2D eigenvalue weighted by Gasteiger charge is -2.11. The van der Waals surface area contributed by atoms with Gasteiger partial charge >= 0.3 is 0 Å². The number of carbonyl (C=O) groups excluding carboxylic acids is 2. The van der Waals surface area contributed by atoms with Crippen LogP contribution in [0.2, 0.25) is 5.02 Å². The molecule has 0 saturated carbocycles. The number of hydrogen-bond donors (Lipinski definition) is 3. The van der Waals surface area contributed by atoms with Gasteiger partial charge in [0.1, 0.15) is 0 Å². The summed E-state index contributed by atoms with van der Waals surface area (Å²) in [5, 5.41) is 5.36. The molecule has 134 valence electrons. The molecule has 1 aromatic rings. The van der Waals surface area contributed by atoms with E-state index in [4.69, 9.17) is 11.6 Å². The summed E-state index contributed by atoms with van der Waals surface area (Å²) in [5.74, 6) is -0.717. The Morgan fingerprint density at radius 3 is 2.54 bits per heavy atom. The van der Waals surface area contributed by atoms with Crippen molar-refractivity contribution in [2.24, 2.45) is 5.92 Å². The molecule has 7 nitrogen and oxygen atoms in total. The van der Waals surface area contributed by atoms with Gasteiger partial charge in [0.05, 0.1) is 11.4 Å². The lowest BCUT2D eigenvalue weighted by atomic mass is 10.1. The molecule has 0 aliphatic heterocycles. The van der Waals surface area contributed by atoms with Gasteiger partial charge in [-0.05, 0) is 24.6 Å². The van der Waals surface area contributed by atoms with E-state index in [1.807, 2.05) is 6.92 Å². The Bertz CT molecular complexity index is 679. The largest absolute Gasteiger partial charge is 0.353 e. The molecule has 1 atom stereocenters. The van der Waals surface area contributed by atoms with Gasteiger partial charge < -0.3 is 10.6 Å². The van der Waals surface area contributed by atoms with Gasteiger partial charge in [-0.25, -0.2) is 13.1 Å². The van der Waals surface area contributed by atoms with Crippen molar-refractivity contribution < 1.29 is 18.0 Å². The second kappa shape index (κ2) is 9.61. The Balaban J connectivity index is 2.32. The molecule has 0 fully saturated rings. The average molecular weight is 376 g/mol. The first-order chi connectivity index (χ1) is 11.3. The summed E-state index contributed by atoms with van der Waals surface area (Å²) in [7, 11) is -3.68. The summed E-state index contributed by atoms with van der Waals surface area (Å²) in [6, 6.07) is 5.89. The molecule has 2 amide bonds. The zero-order chi connectivity index (χ0) is 18.2. The van der Waals surface area contributed by atoms with Crippen LogP contribution in [0.25, 0.3) is 0 Å².